The SMILES string of the molecule is Cc1cc2c(cc1-c1ccnc(N3CCCC3)n1)[C@@H](C)CC(C)(C)N2. The average molecular weight is 336 g/mol. The fourth-order valence-electron chi connectivity index (χ4n) is 4.38. The number of aromatic nitrogens is 2. The second-order valence-corrected chi connectivity index (χ2v) is 8.30. The maximum absolute atomic E-state index is 4.88. The van der Waals surface area contributed by atoms with Crippen LogP contribution in [0.3, 0.4) is 0 Å². The molecule has 0 spiro atoms. The monoisotopic (exact) mass is 336 g/mol. The average Bonchev–Trinajstić information content (AvgIpc) is 3.08. The number of aryl methyl sites for hydroxylation is 1. The van der Waals surface area contributed by atoms with Crippen LogP contribution in [0.4, 0.5) is 11.6 Å². The van der Waals surface area contributed by atoms with Crippen LogP contribution >= 0.6 is 0 Å². The van der Waals surface area contributed by atoms with Crippen molar-refractivity contribution in [2.75, 3.05) is 23.3 Å². The molecular weight excluding hydrogens is 308 g/mol. The molecule has 4 nitrogen and oxygen atoms in total. The topological polar surface area (TPSA) is 41.1 Å². The first-order chi connectivity index (χ1) is 11.9. The van der Waals surface area contributed by atoms with Crippen LogP contribution in [0.2, 0.25) is 0 Å². The van der Waals surface area contributed by atoms with Crippen LogP contribution < -0.4 is 10.2 Å². The minimum Gasteiger partial charge on any atom is -0.380 e. The van der Waals surface area contributed by atoms with Crippen molar-refractivity contribution >= 4 is 11.6 Å². The zero-order chi connectivity index (χ0) is 17.6. The van der Waals surface area contributed by atoms with Crippen LogP contribution in [-0.4, -0.2) is 28.6 Å². The molecule has 1 fully saturated rings. The summed E-state index contributed by atoms with van der Waals surface area (Å²) in [4.78, 5) is 11.7. The first kappa shape index (κ1) is 16.4. The van der Waals surface area contributed by atoms with Crippen molar-refractivity contribution in [3.8, 4) is 11.3 Å². The summed E-state index contributed by atoms with van der Waals surface area (Å²) in [6.07, 6.45) is 5.53. The van der Waals surface area contributed by atoms with Gasteiger partial charge in [0.05, 0.1) is 5.69 Å². The molecule has 0 bridgehead atoms. The van der Waals surface area contributed by atoms with E-state index in [9.17, 15) is 0 Å². The van der Waals surface area contributed by atoms with E-state index in [4.69, 9.17) is 4.98 Å². The van der Waals surface area contributed by atoms with Crippen molar-refractivity contribution in [2.45, 2.75) is 58.4 Å². The van der Waals surface area contributed by atoms with E-state index in [1.807, 2.05) is 12.3 Å². The van der Waals surface area contributed by atoms with Crippen LogP contribution in [0.25, 0.3) is 11.3 Å². The molecule has 0 unspecified atom stereocenters. The van der Waals surface area contributed by atoms with Crippen molar-refractivity contribution in [3.63, 3.8) is 0 Å². The Kier molecular flexibility index (Phi) is 3.94. The van der Waals surface area contributed by atoms with Crippen LogP contribution in [-0.2, 0) is 0 Å². The van der Waals surface area contributed by atoms with Gasteiger partial charge in [-0.1, -0.05) is 6.92 Å². The van der Waals surface area contributed by atoms with Gasteiger partial charge in [0.1, 0.15) is 0 Å². The van der Waals surface area contributed by atoms with E-state index in [-0.39, 0.29) is 5.54 Å². The maximum Gasteiger partial charge on any atom is 0.225 e. The molecule has 25 heavy (non-hydrogen) atoms. The number of fused-ring (bicyclic) bond motifs is 1. The Balaban J connectivity index is 1.74. The second kappa shape index (κ2) is 6.01. The van der Waals surface area contributed by atoms with Crippen molar-refractivity contribution in [3.05, 3.63) is 35.5 Å². The molecule has 1 aromatic carbocycles. The Bertz CT molecular complexity index is 790. The molecule has 4 heteroatoms. The lowest BCUT2D eigenvalue weighted by atomic mass is 9.80. The zero-order valence-corrected chi connectivity index (χ0v) is 15.8. The van der Waals surface area contributed by atoms with Gasteiger partial charge in [-0.3, -0.25) is 0 Å². The largest absolute Gasteiger partial charge is 0.380 e. The van der Waals surface area contributed by atoms with Gasteiger partial charge in [-0.2, -0.15) is 0 Å². The van der Waals surface area contributed by atoms with E-state index in [0.717, 1.165) is 31.2 Å². The number of anilines is 2. The highest BCUT2D eigenvalue weighted by atomic mass is 15.3. The van der Waals surface area contributed by atoms with E-state index in [1.54, 1.807) is 0 Å². The smallest absolute Gasteiger partial charge is 0.225 e. The third-order valence-electron chi connectivity index (χ3n) is 5.52. The lowest BCUT2D eigenvalue weighted by Gasteiger charge is -2.38. The van der Waals surface area contributed by atoms with Crippen molar-refractivity contribution in [1.82, 2.24) is 9.97 Å². The summed E-state index contributed by atoms with van der Waals surface area (Å²) < 4.78 is 0. The molecule has 2 aliphatic rings. The number of hydrogen-bond acceptors (Lipinski definition) is 4. The molecule has 3 heterocycles. The number of rotatable bonds is 2. The molecule has 132 valence electrons. The third-order valence-corrected chi connectivity index (χ3v) is 5.52. The van der Waals surface area contributed by atoms with Crippen molar-refractivity contribution in [2.24, 2.45) is 0 Å². The van der Waals surface area contributed by atoms with Gasteiger partial charge >= 0.3 is 0 Å². The lowest BCUT2D eigenvalue weighted by Crippen LogP contribution is -2.36. The summed E-state index contributed by atoms with van der Waals surface area (Å²) >= 11 is 0. The first-order valence-electron chi connectivity index (χ1n) is 9.44. The quantitative estimate of drug-likeness (QED) is 0.859. The summed E-state index contributed by atoms with van der Waals surface area (Å²) in [6, 6.07) is 6.67. The van der Waals surface area contributed by atoms with Gasteiger partial charge in [-0.15, -0.1) is 0 Å². The summed E-state index contributed by atoms with van der Waals surface area (Å²) in [5.74, 6) is 1.42. The van der Waals surface area contributed by atoms with Crippen LogP contribution in [0.1, 0.15) is 57.1 Å². The number of hydrogen-bond donors (Lipinski definition) is 1. The van der Waals surface area contributed by atoms with Crippen LogP contribution in [0.5, 0.6) is 0 Å². The van der Waals surface area contributed by atoms with Gasteiger partial charge < -0.3 is 10.2 Å². The summed E-state index contributed by atoms with van der Waals surface area (Å²) in [6.45, 7) is 11.2. The van der Waals surface area contributed by atoms with E-state index < -0.39 is 0 Å². The molecule has 1 aromatic heterocycles. The summed E-state index contributed by atoms with van der Waals surface area (Å²) in [7, 11) is 0. The van der Waals surface area contributed by atoms with E-state index in [0.29, 0.717) is 5.92 Å². The Morgan fingerprint density at radius 1 is 1.20 bits per heavy atom. The first-order valence-corrected chi connectivity index (χ1v) is 9.44. The van der Waals surface area contributed by atoms with Gasteiger partial charge in [-0.25, -0.2) is 9.97 Å². The normalized spacial score (nSPS) is 21.8. The van der Waals surface area contributed by atoms with Crippen molar-refractivity contribution in [1.29, 1.82) is 0 Å². The van der Waals surface area contributed by atoms with E-state index in [2.05, 4.69) is 55.0 Å². The molecule has 1 saturated heterocycles. The second-order valence-electron chi connectivity index (χ2n) is 8.30. The van der Waals surface area contributed by atoms with E-state index in [1.165, 1.54) is 35.2 Å². The number of benzene rings is 1. The molecule has 0 amide bonds. The highest BCUT2D eigenvalue weighted by Gasteiger charge is 2.30. The lowest BCUT2D eigenvalue weighted by molar-refractivity contribution is 0.454. The molecule has 1 N–H and O–H groups in total. The fourth-order valence-corrected chi connectivity index (χ4v) is 4.38. The standard InChI is InChI=1S/C21H28N4/c1-14-11-19-17(15(2)13-21(3,4)24-19)12-16(14)18-7-8-22-20(23-18)25-9-5-6-10-25/h7-8,11-12,15,24H,5-6,9-10,13H2,1-4H3/t15-/m0/s1. The predicted molar refractivity (Wildman–Crippen MR) is 104 cm³/mol. The molecule has 2 aliphatic heterocycles. The number of nitrogens with one attached hydrogen (secondary N) is 1. The molecule has 0 aliphatic carbocycles. The summed E-state index contributed by atoms with van der Waals surface area (Å²) in [5.41, 5.74) is 6.37. The molecule has 2 aromatic rings. The highest BCUT2D eigenvalue weighted by molar-refractivity contribution is 5.72. The van der Waals surface area contributed by atoms with Crippen molar-refractivity contribution < 1.29 is 0 Å². The van der Waals surface area contributed by atoms with Gasteiger partial charge in [0.2, 0.25) is 5.95 Å². The highest BCUT2D eigenvalue weighted by Crippen LogP contribution is 2.41. The Hall–Kier alpha value is -2.10. The predicted octanol–water partition coefficient (Wildman–Crippen LogP) is 4.75. The molecular formula is C21H28N4. The Morgan fingerprint density at radius 3 is 2.72 bits per heavy atom. The van der Waals surface area contributed by atoms with Crippen LogP contribution in [0, 0.1) is 6.92 Å². The third kappa shape index (κ3) is 3.10. The van der Waals surface area contributed by atoms with Gasteiger partial charge in [0.25, 0.3) is 0 Å². The zero-order valence-electron chi connectivity index (χ0n) is 15.8. The molecule has 4 rings (SSSR count). The summed E-state index contributed by atoms with van der Waals surface area (Å²) in [5, 5.41) is 3.70. The molecule has 0 saturated carbocycles. The minimum atomic E-state index is 0.151. The van der Waals surface area contributed by atoms with Crippen LogP contribution in [0.15, 0.2) is 24.4 Å². The molecule has 0 radical (unpaired) electrons. The van der Waals surface area contributed by atoms with E-state index >= 15 is 0 Å². The van der Waals surface area contributed by atoms with Gasteiger partial charge in [0, 0.05) is 36.1 Å². The van der Waals surface area contributed by atoms with Gasteiger partial charge in [0.15, 0.2) is 0 Å². The minimum absolute atomic E-state index is 0.151. The number of nitrogens with zero attached hydrogens (tertiary/aromatic N) is 3. The Morgan fingerprint density at radius 2 is 1.96 bits per heavy atom. The fraction of sp³-hybridized carbons (Fsp3) is 0.524. The Labute approximate surface area is 150 Å². The van der Waals surface area contributed by atoms with Gasteiger partial charge in [-0.05, 0) is 75.3 Å². The molecule has 1 atom stereocenters. The maximum atomic E-state index is 4.88.